The maximum atomic E-state index is 13.5. The van der Waals surface area contributed by atoms with E-state index < -0.39 is 41.9 Å². The molecular weight excluding hydrogens is 869 g/mol. The Balaban J connectivity index is 1.62. The van der Waals surface area contributed by atoms with Gasteiger partial charge in [0.25, 0.3) is 11.8 Å². The minimum atomic E-state index is -1.04. The lowest BCUT2D eigenvalue weighted by molar-refractivity contribution is -0.137. The van der Waals surface area contributed by atoms with Crippen LogP contribution in [0.5, 0.6) is 0 Å². The van der Waals surface area contributed by atoms with Crippen LogP contribution in [0.4, 0.5) is 15.3 Å². The summed E-state index contributed by atoms with van der Waals surface area (Å²) in [5, 5.41) is 10.7. The number of nitrogens with zero attached hydrogens (tertiary/aromatic N) is 3. The summed E-state index contributed by atoms with van der Waals surface area (Å²) in [6.07, 6.45) is 3.00. The first-order valence-corrected chi connectivity index (χ1v) is 21.8. The Labute approximate surface area is 385 Å². The van der Waals surface area contributed by atoms with E-state index in [0.29, 0.717) is 90.0 Å². The summed E-state index contributed by atoms with van der Waals surface area (Å²) in [6.45, 7) is 8.24. The third-order valence-corrected chi connectivity index (χ3v) is 9.42. The maximum absolute atomic E-state index is 13.5. The Morgan fingerprint density at radius 1 is 0.727 bits per heavy atom. The predicted molar refractivity (Wildman–Crippen MR) is 237 cm³/mol. The molecule has 0 fully saturated rings. The molecule has 1 heterocycles. The zero-order valence-electron chi connectivity index (χ0n) is 38.5. The van der Waals surface area contributed by atoms with Crippen molar-refractivity contribution in [3.8, 4) is 0 Å². The molecule has 0 spiro atoms. The second kappa shape index (κ2) is 33.7. The van der Waals surface area contributed by atoms with Crippen LogP contribution in [-0.2, 0) is 68.5 Å². The summed E-state index contributed by atoms with van der Waals surface area (Å²) in [5.74, 6) is -2.53. The molecule has 1 aliphatic rings. The summed E-state index contributed by atoms with van der Waals surface area (Å²) < 4.78 is 38.0. The number of anilines is 1. The average Bonchev–Trinajstić information content (AvgIpc) is 3.61. The third-order valence-electron chi connectivity index (χ3n) is 9.42. The summed E-state index contributed by atoms with van der Waals surface area (Å²) in [5.41, 5.74) is 6.24. The van der Waals surface area contributed by atoms with Crippen LogP contribution < -0.4 is 27.0 Å². The smallest absolute Gasteiger partial charge is 0.409 e. The fourth-order valence-corrected chi connectivity index (χ4v) is 5.62. The average molecular weight is 937 g/mol. The van der Waals surface area contributed by atoms with Crippen LogP contribution >= 0.6 is 0 Å². The van der Waals surface area contributed by atoms with E-state index in [1.807, 2.05) is 0 Å². The number of benzene rings is 1. The lowest BCUT2D eigenvalue weighted by atomic mass is 10.0. The van der Waals surface area contributed by atoms with Crippen LogP contribution in [0.2, 0.25) is 0 Å². The quantitative estimate of drug-likeness (QED) is 0.0327. The highest BCUT2D eigenvalue weighted by Gasteiger charge is 2.29. The summed E-state index contributed by atoms with van der Waals surface area (Å²) in [7, 11) is 3.16. The van der Waals surface area contributed by atoms with Gasteiger partial charge in [0.1, 0.15) is 18.7 Å². The van der Waals surface area contributed by atoms with Crippen molar-refractivity contribution >= 4 is 53.8 Å². The number of ether oxygens (including phenoxy) is 7. The van der Waals surface area contributed by atoms with Gasteiger partial charge in [-0.15, -0.1) is 0 Å². The Kier molecular flexibility index (Phi) is 28.8. The van der Waals surface area contributed by atoms with E-state index in [-0.39, 0.29) is 76.7 Å². The molecule has 66 heavy (non-hydrogen) atoms. The number of likely N-dealkylation sites (N-methyl/N-ethyl adjacent to an activating group) is 2. The molecule has 0 bridgehead atoms. The molecule has 1 aliphatic heterocycles. The number of imide groups is 1. The van der Waals surface area contributed by atoms with Crippen molar-refractivity contribution < 1.29 is 71.5 Å². The van der Waals surface area contributed by atoms with E-state index in [9.17, 15) is 38.4 Å². The van der Waals surface area contributed by atoms with Crippen LogP contribution in [-0.4, -0.2) is 194 Å². The van der Waals surface area contributed by atoms with Crippen molar-refractivity contribution in [1.29, 1.82) is 0 Å². The maximum Gasteiger partial charge on any atom is 0.409 e. The molecule has 0 radical (unpaired) electrons. The largest absolute Gasteiger partial charge is 0.445 e. The molecular formula is C43H68N8O15. The lowest BCUT2D eigenvalue weighted by Gasteiger charge is -2.25. The van der Waals surface area contributed by atoms with Gasteiger partial charge in [0, 0.05) is 58.0 Å². The molecule has 0 saturated carbocycles. The SMILES string of the molecule is CC(C)C(NC(=O)CCOCCOCCOCCOCCOCCOCCN1C(=O)C=CC1=O)C(=O)NC(CCCNC(N)=O)C(=O)Nc1ccc(COC(=O)N(C)CCN(C)C=O)cc1. The van der Waals surface area contributed by atoms with Gasteiger partial charge in [0.05, 0.1) is 85.8 Å². The summed E-state index contributed by atoms with van der Waals surface area (Å²) >= 11 is 0. The topological polar surface area (TPSA) is 285 Å². The highest BCUT2D eigenvalue weighted by molar-refractivity contribution is 6.12. The number of carbonyl (C=O) groups excluding carboxylic acids is 8. The number of rotatable bonds is 37. The molecule has 2 unspecified atom stereocenters. The van der Waals surface area contributed by atoms with Gasteiger partial charge in [-0.25, -0.2) is 9.59 Å². The van der Waals surface area contributed by atoms with Crippen molar-refractivity contribution in [3.05, 3.63) is 42.0 Å². The van der Waals surface area contributed by atoms with E-state index in [2.05, 4.69) is 21.3 Å². The van der Waals surface area contributed by atoms with Gasteiger partial charge in [-0.1, -0.05) is 26.0 Å². The number of primary amides is 1. The monoisotopic (exact) mass is 936 g/mol. The second-order valence-corrected chi connectivity index (χ2v) is 15.1. The fraction of sp³-hybridized carbons (Fsp3) is 0.628. The molecule has 6 N–H and O–H groups in total. The Bertz CT molecular complexity index is 1670. The minimum Gasteiger partial charge on any atom is -0.445 e. The van der Waals surface area contributed by atoms with Crippen molar-refractivity contribution in [3.63, 3.8) is 0 Å². The Hall–Kier alpha value is -5.72. The first-order chi connectivity index (χ1) is 31.7. The van der Waals surface area contributed by atoms with Crippen molar-refractivity contribution in [2.45, 2.75) is 51.8 Å². The van der Waals surface area contributed by atoms with Crippen LogP contribution in [0.1, 0.15) is 38.7 Å². The first-order valence-electron chi connectivity index (χ1n) is 21.8. The lowest BCUT2D eigenvalue weighted by Crippen LogP contribution is -2.54. The highest BCUT2D eigenvalue weighted by Crippen LogP contribution is 2.13. The molecule has 1 aromatic carbocycles. The van der Waals surface area contributed by atoms with Gasteiger partial charge >= 0.3 is 12.1 Å². The van der Waals surface area contributed by atoms with Crippen LogP contribution in [0.3, 0.4) is 0 Å². The predicted octanol–water partition coefficient (Wildman–Crippen LogP) is -0.229. The van der Waals surface area contributed by atoms with Crippen molar-refractivity contribution in [2.24, 2.45) is 11.7 Å². The summed E-state index contributed by atoms with van der Waals surface area (Å²) in [4.78, 5) is 101. The van der Waals surface area contributed by atoms with Crippen LogP contribution in [0.25, 0.3) is 0 Å². The molecule has 0 saturated heterocycles. The molecule has 0 aliphatic carbocycles. The van der Waals surface area contributed by atoms with Gasteiger partial charge in [-0.05, 0) is 36.5 Å². The number of nitrogens with one attached hydrogen (secondary N) is 4. The van der Waals surface area contributed by atoms with Gasteiger partial charge < -0.3 is 70.0 Å². The number of nitrogens with two attached hydrogens (primary N) is 1. The van der Waals surface area contributed by atoms with Gasteiger partial charge in [0.2, 0.25) is 24.1 Å². The number of amides is 9. The van der Waals surface area contributed by atoms with Crippen LogP contribution in [0, 0.1) is 5.92 Å². The van der Waals surface area contributed by atoms with Gasteiger partial charge in [-0.3, -0.25) is 33.7 Å². The van der Waals surface area contributed by atoms with Crippen LogP contribution in [0.15, 0.2) is 36.4 Å². The van der Waals surface area contributed by atoms with E-state index in [1.54, 1.807) is 52.2 Å². The highest BCUT2D eigenvalue weighted by atomic mass is 16.6. The zero-order chi connectivity index (χ0) is 48.5. The molecule has 9 amide bonds. The van der Waals surface area contributed by atoms with Crippen molar-refractivity contribution in [1.82, 2.24) is 30.7 Å². The Morgan fingerprint density at radius 3 is 1.77 bits per heavy atom. The minimum absolute atomic E-state index is 0.0185. The number of carbonyl (C=O) groups is 8. The fourth-order valence-electron chi connectivity index (χ4n) is 5.62. The number of hydrogen-bond acceptors (Lipinski definition) is 15. The van der Waals surface area contributed by atoms with E-state index >= 15 is 0 Å². The number of hydrogen-bond donors (Lipinski definition) is 5. The molecule has 23 nitrogen and oxygen atoms in total. The van der Waals surface area contributed by atoms with Crippen molar-refractivity contribution in [2.75, 3.05) is 125 Å². The molecule has 23 heteroatoms. The van der Waals surface area contributed by atoms with E-state index in [4.69, 9.17) is 38.9 Å². The van der Waals surface area contributed by atoms with E-state index in [0.717, 1.165) is 4.90 Å². The molecule has 1 aromatic rings. The first kappa shape index (κ1) is 56.4. The number of urea groups is 1. The second-order valence-electron chi connectivity index (χ2n) is 15.1. The van der Waals surface area contributed by atoms with Gasteiger partial charge in [-0.2, -0.15) is 0 Å². The van der Waals surface area contributed by atoms with Gasteiger partial charge in [0.15, 0.2) is 0 Å². The normalized spacial score (nSPS) is 13.0. The van der Waals surface area contributed by atoms with E-state index in [1.165, 1.54) is 22.0 Å². The molecule has 0 aromatic heterocycles. The summed E-state index contributed by atoms with van der Waals surface area (Å²) in [6, 6.07) is 3.85. The molecule has 370 valence electrons. The molecule has 2 atom stereocenters. The standard InChI is InChI=1S/C43H68N8O15/c1-32(2)39(48-36(53)13-18-60-20-22-62-24-26-64-28-29-65-27-25-63-23-21-61-19-17-51-37(54)11-12-38(51)55)41(57)47-35(6-5-14-45-42(44)58)40(56)46-34-9-7-33(8-10-34)30-66-43(59)50(4)16-15-49(3)31-52/h7-12,31-32,35,39H,5-6,13-30H2,1-4H3,(H,46,56)(H,47,57)(H,48,53)(H3,44,45,58). The molecule has 2 rings (SSSR count). The Morgan fingerprint density at radius 2 is 1.26 bits per heavy atom. The zero-order valence-corrected chi connectivity index (χ0v) is 38.5. The third kappa shape index (κ3) is 25.1.